The van der Waals surface area contributed by atoms with Gasteiger partial charge in [-0.2, -0.15) is 0 Å². The maximum atomic E-state index is 12.8. The predicted molar refractivity (Wildman–Crippen MR) is 150 cm³/mol. The number of halogens is 2. The Hall–Kier alpha value is -3.26. The molecular weight excluding hydrogens is 529 g/mol. The number of thiophene rings is 1. The lowest BCUT2D eigenvalue weighted by molar-refractivity contribution is 0.0526. The average Bonchev–Trinajstić information content (AvgIpc) is 3.27. The first kappa shape index (κ1) is 25.4. The maximum Gasteiger partial charge on any atom is 0.341 e. The fraction of sp³-hybridized carbons (Fsp3) is 0.214. The summed E-state index contributed by atoms with van der Waals surface area (Å²) < 4.78 is 5.35. The molecule has 3 aromatic carbocycles. The third-order valence-electron chi connectivity index (χ3n) is 6.16. The van der Waals surface area contributed by atoms with Crippen LogP contribution in [0.5, 0.6) is 5.75 Å². The van der Waals surface area contributed by atoms with Crippen molar-refractivity contribution in [1.29, 1.82) is 0 Å². The zero-order valence-corrected chi connectivity index (χ0v) is 22.3. The number of hydrogen-bond donors (Lipinski definition) is 1. The van der Waals surface area contributed by atoms with Crippen LogP contribution in [0.1, 0.15) is 46.1 Å². The van der Waals surface area contributed by atoms with Gasteiger partial charge in [-0.3, -0.25) is 0 Å². The first-order valence-electron chi connectivity index (χ1n) is 11.9. The van der Waals surface area contributed by atoms with E-state index in [4.69, 9.17) is 32.9 Å². The van der Waals surface area contributed by atoms with E-state index in [2.05, 4.69) is 10.2 Å². The van der Waals surface area contributed by atoms with Crippen molar-refractivity contribution in [3.05, 3.63) is 80.1 Å². The van der Waals surface area contributed by atoms with Crippen LogP contribution in [0.15, 0.2) is 63.8 Å². The quantitative estimate of drug-likeness (QED) is 0.147. The van der Waals surface area contributed by atoms with Crippen molar-refractivity contribution in [2.45, 2.75) is 32.6 Å². The maximum absolute atomic E-state index is 12.8. The Morgan fingerprint density at radius 3 is 2.70 bits per heavy atom. The number of aliphatic imine (C=N–C) groups is 1. The molecule has 1 N–H and O–H groups in total. The first-order chi connectivity index (χ1) is 18.0. The SMILES string of the molecule is CCOC(=O)c1c(N=Cc2c(O)c(N=Nc3cc(Cl)ccc3Cl)cc3ccccc23)sc2c1CCCC2. The Morgan fingerprint density at radius 1 is 1.08 bits per heavy atom. The molecule has 0 saturated carbocycles. The molecular formula is C28H23Cl2N3O3S. The standard InChI is InChI=1S/C28H23Cl2N3O3S/c1-2-36-28(35)25-19-9-5-6-10-24(19)37-27(25)31-15-20-18-8-4-3-7-16(18)13-23(26(20)34)33-32-22-14-17(29)11-12-21(22)30/h3-4,7-8,11-15,34H,2,5-6,9-10H2,1H3. The monoisotopic (exact) mass is 551 g/mol. The second-order valence-electron chi connectivity index (χ2n) is 8.54. The number of rotatable bonds is 6. The molecule has 0 unspecified atom stereocenters. The number of azo groups is 1. The number of ether oxygens (including phenoxy) is 1. The highest BCUT2D eigenvalue weighted by molar-refractivity contribution is 7.16. The van der Waals surface area contributed by atoms with Gasteiger partial charge in [0.05, 0.1) is 17.2 Å². The van der Waals surface area contributed by atoms with Crippen molar-refractivity contribution in [2.24, 2.45) is 15.2 Å². The third kappa shape index (κ3) is 5.25. The van der Waals surface area contributed by atoms with Gasteiger partial charge in [-0.15, -0.1) is 21.6 Å². The molecule has 0 saturated heterocycles. The van der Waals surface area contributed by atoms with E-state index in [0.29, 0.717) is 38.5 Å². The van der Waals surface area contributed by atoms with Crippen molar-refractivity contribution in [3.8, 4) is 5.75 Å². The van der Waals surface area contributed by atoms with Crippen molar-refractivity contribution in [3.63, 3.8) is 0 Å². The highest BCUT2D eigenvalue weighted by atomic mass is 35.5. The lowest BCUT2D eigenvalue weighted by Crippen LogP contribution is -2.09. The van der Waals surface area contributed by atoms with Crippen molar-refractivity contribution >= 4 is 73.9 Å². The molecule has 1 aliphatic rings. The van der Waals surface area contributed by atoms with Crippen molar-refractivity contribution in [2.75, 3.05) is 6.61 Å². The van der Waals surface area contributed by atoms with Gasteiger partial charge in [0.15, 0.2) is 5.75 Å². The Morgan fingerprint density at radius 2 is 1.86 bits per heavy atom. The lowest BCUT2D eigenvalue weighted by Gasteiger charge is -2.11. The molecule has 0 amide bonds. The summed E-state index contributed by atoms with van der Waals surface area (Å²) in [5.74, 6) is -0.438. The topological polar surface area (TPSA) is 83.6 Å². The van der Waals surface area contributed by atoms with E-state index in [1.165, 1.54) is 16.2 Å². The second-order valence-corrected chi connectivity index (χ2v) is 10.5. The number of benzene rings is 3. The van der Waals surface area contributed by atoms with E-state index in [1.54, 1.807) is 37.4 Å². The van der Waals surface area contributed by atoms with E-state index < -0.39 is 0 Å². The fourth-order valence-electron chi connectivity index (χ4n) is 4.41. The van der Waals surface area contributed by atoms with Crippen molar-refractivity contribution in [1.82, 2.24) is 0 Å². The van der Waals surface area contributed by atoms with Gasteiger partial charge in [-0.1, -0.05) is 47.5 Å². The van der Waals surface area contributed by atoms with E-state index in [9.17, 15) is 9.90 Å². The Bertz CT molecular complexity index is 1560. The van der Waals surface area contributed by atoms with Crippen LogP contribution in [0.4, 0.5) is 16.4 Å². The summed E-state index contributed by atoms with van der Waals surface area (Å²) in [5.41, 5.74) is 2.70. The second kappa shape index (κ2) is 11.0. The highest BCUT2D eigenvalue weighted by Crippen LogP contribution is 2.42. The molecule has 0 aliphatic heterocycles. The predicted octanol–water partition coefficient (Wildman–Crippen LogP) is 9.14. The normalized spacial score (nSPS) is 13.5. The number of phenols is 1. The Kier molecular flexibility index (Phi) is 7.55. The third-order valence-corrected chi connectivity index (χ3v) is 7.91. The molecule has 1 aromatic heterocycles. The first-order valence-corrected chi connectivity index (χ1v) is 13.5. The van der Waals surface area contributed by atoms with Gasteiger partial charge >= 0.3 is 5.97 Å². The summed E-state index contributed by atoms with van der Waals surface area (Å²) in [6.45, 7) is 2.09. The molecule has 4 aromatic rings. The molecule has 5 rings (SSSR count). The number of aryl methyl sites for hydroxylation is 1. The van der Waals surface area contributed by atoms with Gasteiger partial charge < -0.3 is 9.84 Å². The van der Waals surface area contributed by atoms with E-state index in [-0.39, 0.29) is 17.4 Å². The molecule has 188 valence electrons. The van der Waals surface area contributed by atoms with Crippen LogP contribution in [0.3, 0.4) is 0 Å². The Balaban J connectivity index is 1.60. The number of carbonyl (C=O) groups excluding carboxylic acids is 1. The van der Waals surface area contributed by atoms with E-state index in [1.807, 2.05) is 24.3 Å². The molecule has 37 heavy (non-hydrogen) atoms. The zero-order valence-electron chi connectivity index (χ0n) is 20.0. The van der Waals surface area contributed by atoms with Crippen LogP contribution in [0, 0.1) is 0 Å². The van der Waals surface area contributed by atoms with Crippen molar-refractivity contribution < 1.29 is 14.6 Å². The number of hydrogen-bond acceptors (Lipinski definition) is 7. The van der Waals surface area contributed by atoms with Crippen LogP contribution < -0.4 is 0 Å². The minimum absolute atomic E-state index is 0.0802. The van der Waals surface area contributed by atoms with Crippen LogP contribution in [0.25, 0.3) is 10.8 Å². The number of aromatic hydroxyl groups is 1. The van der Waals surface area contributed by atoms with Gasteiger partial charge in [0.25, 0.3) is 0 Å². The smallest absolute Gasteiger partial charge is 0.341 e. The molecule has 0 radical (unpaired) electrons. The summed E-state index contributed by atoms with van der Waals surface area (Å²) in [6, 6.07) is 14.3. The van der Waals surface area contributed by atoms with Crippen LogP contribution in [-0.2, 0) is 17.6 Å². The lowest BCUT2D eigenvalue weighted by atomic mass is 9.95. The summed E-state index contributed by atoms with van der Waals surface area (Å²) in [5, 5.41) is 22.8. The van der Waals surface area contributed by atoms with Crippen LogP contribution in [-0.4, -0.2) is 23.9 Å². The summed E-state index contributed by atoms with van der Waals surface area (Å²) in [6.07, 6.45) is 5.48. The summed E-state index contributed by atoms with van der Waals surface area (Å²) in [4.78, 5) is 18.7. The molecule has 1 aliphatic carbocycles. The minimum Gasteiger partial charge on any atom is -0.505 e. The molecule has 0 fully saturated rings. The number of carbonyl (C=O) groups is 1. The summed E-state index contributed by atoms with van der Waals surface area (Å²) >= 11 is 13.8. The number of nitrogens with zero attached hydrogens (tertiary/aromatic N) is 3. The largest absolute Gasteiger partial charge is 0.505 e. The van der Waals surface area contributed by atoms with Crippen LogP contribution >= 0.6 is 34.5 Å². The molecule has 0 atom stereocenters. The van der Waals surface area contributed by atoms with E-state index in [0.717, 1.165) is 42.0 Å². The van der Waals surface area contributed by atoms with Gasteiger partial charge in [-0.25, -0.2) is 9.79 Å². The zero-order chi connectivity index (χ0) is 25.9. The number of phenolic OH excluding ortho intramolecular Hbond substituents is 1. The number of fused-ring (bicyclic) bond motifs is 2. The average molecular weight is 552 g/mol. The Labute approximate surface area is 228 Å². The minimum atomic E-state index is -0.357. The van der Waals surface area contributed by atoms with Gasteiger partial charge in [-0.05, 0) is 73.2 Å². The molecule has 6 nitrogen and oxygen atoms in total. The fourth-order valence-corrected chi connectivity index (χ4v) is 5.95. The molecule has 0 bridgehead atoms. The van der Waals surface area contributed by atoms with Gasteiger partial charge in [0.2, 0.25) is 0 Å². The van der Waals surface area contributed by atoms with E-state index >= 15 is 0 Å². The summed E-state index contributed by atoms with van der Waals surface area (Å²) in [7, 11) is 0. The molecule has 1 heterocycles. The molecule has 9 heteroatoms. The van der Waals surface area contributed by atoms with Crippen LogP contribution in [0.2, 0.25) is 10.0 Å². The highest BCUT2D eigenvalue weighted by Gasteiger charge is 2.26. The van der Waals surface area contributed by atoms with Gasteiger partial charge in [0, 0.05) is 21.7 Å². The molecule has 0 spiro atoms. The number of esters is 1. The van der Waals surface area contributed by atoms with Gasteiger partial charge in [0.1, 0.15) is 16.4 Å².